The van der Waals surface area contributed by atoms with Gasteiger partial charge in [0, 0.05) is 25.2 Å². The molecule has 0 aliphatic rings. The number of benzene rings is 2. The molecule has 0 saturated heterocycles. The van der Waals surface area contributed by atoms with Gasteiger partial charge in [0.25, 0.3) is 0 Å². The van der Waals surface area contributed by atoms with Crippen molar-refractivity contribution in [2.24, 2.45) is 4.99 Å². The Labute approximate surface area is 186 Å². The second-order valence-electron chi connectivity index (χ2n) is 6.80. The third kappa shape index (κ3) is 8.93. The number of halogens is 1. The number of nitrogens with one attached hydrogen (secondary N) is 2. The molecule has 6 heteroatoms. The van der Waals surface area contributed by atoms with Gasteiger partial charge in [-0.2, -0.15) is 0 Å². The largest absolute Gasteiger partial charge is 0.492 e. The predicted molar refractivity (Wildman–Crippen MR) is 129 cm³/mol. The van der Waals surface area contributed by atoms with Gasteiger partial charge in [0.1, 0.15) is 12.4 Å². The van der Waals surface area contributed by atoms with E-state index >= 15 is 0 Å². The molecule has 154 valence electrons. The molecular weight excluding hydrogens is 463 g/mol. The van der Waals surface area contributed by atoms with Crippen LogP contribution >= 0.6 is 24.0 Å². The molecule has 0 saturated carbocycles. The number of aliphatic imine (C=N–C) groups is 1. The van der Waals surface area contributed by atoms with E-state index in [0.29, 0.717) is 19.7 Å². The minimum Gasteiger partial charge on any atom is -0.492 e. The SMILES string of the molecule is CCNC(=NCc1cccc(C)c1)NCc1ccccc1OCCN(C)C.I. The van der Waals surface area contributed by atoms with Crippen molar-refractivity contribution in [2.45, 2.75) is 26.9 Å². The summed E-state index contributed by atoms with van der Waals surface area (Å²) in [7, 11) is 4.09. The van der Waals surface area contributed by atoms with E-state index in [1.54, 1.807) is 0 Å². The van der Waals surface area contributed by atoms with Crippen LogP contribution in [0.15, 0.2) is 53.5 Å². The van der Waals surface area contributed by atoms with Gasteiger partial charge in [-0.1, -0.05) is 48.0 Å². The number of hydrogen-bond acceptors (Lipinski definition) is 3. The highest BCUT2D eigenvalue weighted by atomic mass is 127. The van der Waals surface area contributed by atoms with Crippen LogP contribution in [0.5, 0.6) is 5.75 Å². The van der Waals surface area contributed by atoms with Crippen LogP contribution in [0.25, 0.3) is 0 Å². The topological polar surface area (TPSA) is 48.9 Å². The first-order valence-corrected chi connectivity index (χ1v) is 9.51. The van der Waals surface area contributed by atoms with Crippen molar-refractivity contribution >= 4 is 29.9 Å². The summed E-state index contributed by atoms with van der Waals surface area (Å²) in [5.41, 5.74) is 3.58. The van der Waals surface area contributed by atoms with Crippen LogP contribution < -0.4 is 15.4 Å². The fraction of sp³-hybridized carbons (Fsp3) is 0.409. The number of ether oxygens (including phenoxy) is 1. The van der Waals surface area contributed by atoms with Crippen molar-refractivity contribution < 1.29 is 4.74 Å². The molecule has 2 aromatic carbocycles. The molecule has 0 spiro atoms. The molecule has 0 aliphatic heterocycles. The molecule has 2 aromatic rings. The van der Waals surface area contributed by atoms with Gasteiger partial charge in [0.05, 0.1) is 6.54 Å². The highest BCUT2D eigenvalue weighted by Gasteiger charge is 2.05. The Morgan fingerprint density at radius 2 is 1.86 bits per heavy atom. The van der Waals surface area contributed by atoms with E-state index in [0.717, 1.165) is 30.4 Å². The van der Waals surface area contributed by atoms with Gasteiger partial charge in [-0.15, -0.1) is 24.0 Å². The Balaban J connectivity index is 0.00000392. The van der Waals surface area contributed by atoms with Crippen molar-refractivity contribution in [3.8, 4) is 5.75 Å². The van der Waals surface area contributed by atoms with Crippen LogP contribution in [-0.2, 0) is 13.1 Å². The zero-order valence-electron chi connectivity index (χ0n) is 17.4. The molecular formula is C22H33IN4O. The van der Waals surface area contributed by atoms with E-state index in [4.69, 9.17) is 9.73 Å². The molecule has 0 atom stereocenters. The molecule has 5 nitrogen and oxygen atoms in total. The van der Waals surface area contributed by atoms with Crippen LogP contribution in [0.2, 0.25) is 0 Å². The smallest absolute Gasteiger partial charge is 0.191 e. The lowest BCUT2D eigenvalue weighted by Crippen LogP contribution is -2.36. The minimum atomic E-state index is 0. The van der Waals surface area contributed by atoms with Crippen molar-refractivity contribution in [2.75, 3.05) is 33.8 Å². The maximum atomic E-state index is 5.94. The highest BCUT2D eigenvalue weighted by molar-refractivity contribution is 14.0. The highest BCUT2D eigenvalue weighted by Crippen LogP contribution is 2.17. The Kier molecular flexibility index (Phi) is 11.6. The molecule has 2 N–H and O–H groups in total. The monoisotopic (exact) mass is 496 g/mol. The quantitative estimate of drug-likeness (QED) is 0.315. The van der Waals surface area contributed by atoms with Gasteiger partial charge in [0.15, 0.2) is 5.96 Å². The zero-order chi connectivity index (χ0) is 19.5. The summed E-state index contributed by atoms with van der Waals surface area (Å²) in [5.74, 6) is 1.73. The van der Waals surface area contributed by atoms with E-state index in [2.05, 4.69) is 59.7 Å². The summed E-state index contributed by atoms with van der Waals surface area (Å²) >= 11 is 0. The Morgan fingerprint density at radius 3 is 2.57 bits per heavy atom. The number of likely N-dealkylation sites (N-methyl/N-ethyl adjacent to an activating group) is 1. The third-order valence-corrected chi connectivity index (χ3v) is 4.06. The molecule has 2 rings (SSSR count). The van der Waals surface area contributed by atoms with Crippen LogP contribution in [0, 0.1) is 6.92 Å². The first-order valence-electron chi connectivity index (χ1n) is 9.51. The number of guanidine groups is 1. The summed E-state index contributed by atoms with van der Waals surface area (Å²) < 4.78 is 5.94. The van der Waals surface area contributed by atoms with Gasteiger partial charge < -0.3 is 20.3 Å². The van der Waals surface area contributed by atoms with Crippen LogP contribution in [0.4, 0.5) is 0 Å². The summed E-state index contributed by atoms with van der Waals surface area (Å²) in [5, 5.41) is 6.72. The van der Waals surface area contributed by atoms with E-state index in [1.807, 2.05) is 32.3 Å². The molecule has 0 amide bonds. The molecule has 0 aromatic heterocycles. The Bertz CT molecular complexity index is 734. The lowest BCUT2D eigenvalue weighted by atomic mass is 10.1. The first kappa shape index (κ1) is 24.2. The number of rotatable bonds is 9. The van der Waals surface area contributed by atoms with Gasteiger partial charge in [-0.3, -0.25) is 0 Å². The third-order valence-electron chi connectivity index (χ3n) is 4.06. The second kappa shape index (κ2) is 13.4. The molecule has 28 heavy (non-hydrogen) atoms. The van der Waals surface area contributed by atoms with Crippen molar-refractivity contribution in [1.82, 2.24) is 15.5 Å². The minimum absolute atomic E-state index is 0. The van der Waals surface area contributed by atoms with E-state index in [-0.39, 0.29) is 24.0 Å². The number of nitrogens with zero attached hydrogens (tertiary/aromatic N) is 2. The van der Waals surface area contributed by atoms with Crippen LogP contribution in [0.1, 0.15) is 23.6 Å². The number of aryl methyl sites for hydroxylation is 1. The maximum absolute atomic E-state index is 5.94. The van der Waals surface area contributed by atoms with Gasteiger partial charge in [-0.25, -0.2) is 4.99 Å². The standard InChI is InChI=1S/C22H32N4O.HI/c1-5-23-22(24-16-19-10-8-9-18(2)15-19)25-17-20-11-6-7-12-21(20)27-14-13-26(3)4;/h6-12,15H,5,13-14,16-17H2,1-4H3,(H2,23,24,25);1H. The van der Waals surface area contributed by atoms with Gasteiger partial charge in [0.2, 0.25) is 0 Å². The van der Waals surface area contributed by atoms with E-state index in [1.165, 1.54) is 11.1 Å². The molecule has 0 unspecified atom stereocenters. The first-order chi connectivity index (χ1) is 13.1. The van der Waals surface area contributed by atoms with Crippen molar-refractivity contribution in [3.63, 3.8) is 0 Å². The summed E-state index contributed by atoms with van der Waals surface area (Å²) in [6.07, 6.45) is 0. The fourth-order valence-corrected chi connectivity index (χ4v) is 2.63. The Hall–Kier alpha value is -1.80. The predicted octanol–water partition coefficient (Wildman–Crippen LogP) is 3.81. The lowest BCUT2D eigenvalue weighted by Gasteiger charge is -2.16. The van der Waals surface area contributed by atoms with Gasteiger partial charge >= 0.3 is 0 Å². The average Bonchev–Trinajstić information content (AvgIpc) is 2.65. The lowest BCUT2D eigenvalue weighted by molar-refractivity contribution is 0.259. The molecule has 0 aliphatic carbocycles. The Morgan fingerprint density at radius 1 is 1.07 bits per heavy atom. The van der Waals surface area contributed by atoms with Gasteiger partial charge in [-0.05, 0) is 39.6 Å². The number of para-hydroxylation sites is 1. The van der Waals surface area contributed by atoms with E-state index < -0.39 is 0 Å². The molecule has 0 radical (unpaired) electrons. The maximum Gasteiger partial charge on any atom is 0.191 e. The second-order valence-corrected chi connectivity index (χ2v) is 6.80. The van der Waals surface area contributed by atoms with E-state index in [9.17, 15) is 0 Å². The molecule has 0 bridgehead atoms. The summed E-state index contributed by atoms with van der Waals surface area (Å²) in [6.45, 7) is 7.87. The fourth-order valence-electron chi connectivity index (χ4n) is 2.63. The number of hydrogen-bond donors (Lipinski definition) is 2. The van der Waals surface area contributed by atoms with Crippen molar-refractivity contribution in [3.05, 3.63) is 65.2 Å². The van der Waals surface area contributed by atoms with Crippen molar-refractivity contribution in [1.29, 1.82) is 0 Å². The molecule has 0 fully saturated rings. The average molecular weight is 496 g/mol. The van der Waals surface area contributed by atoms with Crippen LogP contribution in [0.3, 0.4) is 0 Å². The summed E-state index contributed by atoms with van der Waals surface area (Å²) in [6, 6.07) is 16.6. The summed E-state index contributed by atoms with van der Waals surface area (Å²) in [4.78, 5) is 6.82. The normalized spacial score (nSPS) is 11.1. The molecule has 0 heterocycles. The zero-order valence-corrected chi connectivity index (χ0v) is 19.7. The van der Waals surface area contributed by atoms with Crippen LogP contribution in [-0.4, -0.2) is 44.7 Å².